The molecule has 3 rings (SSSR count). The molecular formula is C18H24N4O2. The molecule has 0 spiro atoms. The lowest BCUT2D eigenvalue weighted by Gasteiger charge is -2.28. The van der Waals surface area contributed by atoms with Crippen LogP contribution in [0.25, 0.3) is 0 Å². The van der Waals surface area contributed by atoms with Crippen molar-refractivity contribution in [3.63, 3.8) is 0 Å². The highest BCUT2D eigenvalue weighted by atomic mass is 16.2. The fourth-order valence-electron chi connectivity index (χ4n) is 3.39. The number of hydrogen-bond donors (Lipinski definition) is 2. The van der Waals surface area contributed by atoms with E-state index in [1.807, 2.05) is 36.2 Å². The second-order valence-electron chi connectivity index (χ2n) is 6.69. The van der Waals surface area contributed by atoms with Gasteiger partial charge in [0.2, 0.25) is 5.91 Å². The van der Waals surface area contributed by atoms with Gasteiger partial charge in [0, 0.05) is 36.2 Å². The van der Waals surface area contributed by atoms with Crippen molar-refractivity contribution in [2.24, 2.45) is 16.8 Å². The summed E-state index contributed by atoms with van der Waals surface area (Å²) in [5.74, 6) is -0.486. The molecule has 24 heavy (non-hydrogen) atoms. The van der Waals surface area contributed by atoms with Crippen molar-refractivity contribution < 1.29 is 9.59 Å². The van der Waals surface area contributed by atoms with E-state index in [9.17, 15) is 9.59 Å². The zero-order chi connectivity index (χ0) is 17.1. The number of rotatable bonds is 4. The Morgan fingerprint density at radius 2 is 2.00 bits per heavy atom. The summed E-state index contributed by atoms with van der Waals surface area (Å²) in [4.78, 5) is 23.7. The Kier molecular flexibility index (Phi) is 4.83. The fraction of sp³-hybridized carbons (Fsp3) is 0.500. The summed E-state index contributed by atoms with van der Waals surface area (Å²) < 4.78 is 0. The van der Waals surface area contributed by atoms with E-state index in [4.69, 9.17) is 5.73 Å². The maximum atomic E-state index is 12.4. The number of amides is 2. The van der Waals surface area contributed by atoms with Crippen LogP contribution < -0.4 is 16.1 Å². The zero-order valence-corrected chi connectivity index (χ0v) is 14.0. The highest BCUT2D eigenvalue weighted by molar-refractivity contribution is 5.95. The smallest absolute Gasteiger partial charge is 0.251 e. The third kappa shape index (κ3) is 3.75. The van der Waals surface area contributed by atoms with Crippen molar-refractivity contribution in [3.8, 4) is 0 Å². The molecule has 1 saturated carbocycles. The van der Waals surface area contributed by atoms with Crippen LogP contribution in [-0.2, 0) is 4.79 Å². The maximum absolute atomic E-state index is 12.4. The SMILES string of the molecule is CC1=NN(c2ccc(C(=O)N[C@@H]3CCC[C@H](C(N)=O)C3)cc2)CC1. The van der Waals surface area contributed by atoms with Crippen LogP contribution in [0.2, 0.25) is 0 Å². The first-order valence-corrected chi connectivity index (χ1v) is 8.55. The minimum Gasteiger partial charge on any atom is -0.369 e. The lowest BCUT2D eigenvalue weighted by Crippen LogP contribution is -2.41. The molecule has 128 valence electrons. The van der Waals surface area contributed by atoms with Crippen LogP contribution in [0.15, 0.2) is 29.4 Å². The van der Waals surface area contributed by atoms with E-state index in [-0.39, 0.29) is 23.8 Å². The number of carbonyl (C=O) groups excluding carboxylic acids is 2. The first-order chi connectivity index (χ1) is 11.5. The van der Waals surface area contributed by atoms with Crippen LogP contribution in [0.5, 0.6) is 0 Å². The van der Waals surface area contributed by atoms with Crippen LogP contribution in [-0.4, -0.2) is 30.1 Å². The minimum atomic E-state index is -0.264. The Labute approximate surface area is 142 Å². The van der Waals surface area contributed by atoms with E-state index in [1.165, 1.54) is 0 Å². The van der Waals surface area contributed by atoms with Crippen LogP contribution in [0.1, 0.15) is 49.4 Å². The van der Waals surface area contributed by atoms with Crippen molar-refractivity contribution in [1.82, 2.24) is 5.32 Å². The van der Waals surface area contributed by atoms with Gasteiger partial charge in [0.25, 0.3) is 5.91 Å². The topological polar surface area (TPSA) is 87.8 Å². The van der Waals surface area contributed by atoms with Gasteiger partial charge in [0.1, 0.15) is 0 Å². The second kappa shape index (κ2) is 7.03. The van der Waals surface area contributed by atoms with E-state index in [1.54, 1.807) is 0 Å². The highest BCUT2D eigenvalue weighted by Crippen LogP contribution is 2.24. The molecule has 1 aliphatic carbocycles. The van der Waals surface area contributed by atoms with Crippen LogP contribution >= 0.6 is 0 Å². The van der Waals surface area contributed by atoms with Gasteiger partial charge in [-0.3, -0.25) is 14.6 Å². The molecule has 6 nitrogen and oxygen atoms in total. The molecule has 3 N–H and O–H groups in total. The molecule has 0 bridgehead atoms. The van der Waals surface area contributed by atoms with Gasteiger partial charge in [-0.1, -0.05) is 6.42 Å². The van der Waals surface area contributed by atoms with Gasteiger partial charge in [0.05, 0.1) is 5.69 Å². The van der Waals surface area contributed by atoms with E-state index in [2.05, 4.69) is 10.4 Å². The van der Waals surface area contributed by atoms with Crippen LogP contribution in [0, 0.1) is 5.92 Å². The first kappa shape index (κ1) is 16.5. The summed E-state index contributed by atoms with van der Waals surface area (Å²) in [7, 11) is 0. The number of carbonyl (C=O) groups is 2. The van der Waals surface area contributed by atoms with E-state index in [0.29, 0.717) is 12.0 Å². The second-order valence-corrected chi connectivity index (χ2v) is 6.69. The third-order valence-corrected chi connectivity index (χ3v) is 4.82. The quantitative estimate of drug-likeness (QED) is 0.886. The Balaban J connectivity index is 1.60. The molecule has 2 aliphatic rings. The average Bonchev–Trinajstić information content (AvgIpc) is 3.01. The summed E-state index contributed by atoms with van der Waals surface area (Å²) in [5.41, 5.74) is 8.13. The van der Waals surface area contributed by atoms with Crippen molar-refractivity contribution in [2.45, 2.75) is 45.1 Å². The third-order valence-electron chi connectivity index (χ3n) is 4.82. The number of anilines is 1. The Hall–Kier alpha value is -2.37. The van der Waals surface area contributed by atoms with Crippen molar-refractivity contribution in [1.29, 1.82) is 0 Å². The Morgan fingerprint density at radius 1 is 1.25 bits per heavy atom. The van der Waals surface area contributed by atoms with Crippen LogP contribution in [0.3, 0.4) is 0 Å². The molecule has 0 radical (unpaired) electrons. The number of primary amides is 1. The van der Waals surface area contributed by atoms with Gasteiger partial charge in [-0.15, -0.1) is 0 Å². The van der Waals surface area contributed by atoms with E-state index in [0.717, 1.165) is 43.6 Å². The van der Waals surface area contributed by atoms with Gasteiger partial charge in [0.15, 0.2) is 0 Å². The molecule has 6 heteroatoms. The summed E-state index contributed by atoms with van der Waals surface area (Å²) in [6.07, 6.45) is 4.26. The zero-order valence-electron chi connectivity index (χ0n) is 14.0. The maximum Gasteiger partial charge on any atom is 0.251 e. The summed E-state index contributed by atoms with van der Waals surface area (Å²) in [6, 6.07) is 7.51. The van der Waals surface area contributed by atoms with Gasteiger partial charge in [-0.2, -0.15) is 5.10 Å². The molecule has 1 fully saturated rings. The molecule has 2 amide bonds. The van der Waals surface area contributed by atoms with Crippen LogP contribution in [0.4, 0.5) is 5.69 Å². The van der Waals surface area contributed by atoms with Gasteiger partial charge >= 0.3 is 0 Å². The molecule has 1 heterocycles. The minimum absolute atomic E-state index is 0.0225. The molecule has 2 atom stereocenters. The molecule has 1 aromatic rings. The summed E-state index contributed by atoms with van der Waals surface area (Å²) in [5, 5.41) is 9.44. The Morgan fingerprint density at radius 3 is 2.62 bits per heavy atom. The Bertz CT molecular complexity index is 653. The number of nitrogens with two attached hydrogens (primary N) is 1. The van der Waals surface area contributed by atoms with Crippen molar-refractivity contribution in [2.75, 3.05) is 11.6 Å². The van der Waals surface area contributed by atoms with Gasteiger partial charge < -0.3 is 11.1 Å². The summed E-state index contributed by atoms with van der Waals surface area (Å²) in [6.45, 7) is 2.90. The standard InChI is InChI=1S/C18H24N4O2/c1-12-9-10-22(21-12)16-7-5-13(6-8-16)18(24)20-15-4-2-3-14(11-15)17(19)23/h5-8,14-15H,2-4,9-11H2,1H3,(H2,19,23)(H,20,24)/t14-,15+/m0/s1. The average molecular weight is 328 g/mol. The number of hydrogen-bond acceptors (Lipinski definition) is 4. The molecule has 1 aromatic carbocycles. The fourth-order valence-corrected chi connectivity index (χ4v) is 3.39. The van der Waals surface area contributed by atoms with Gasteiger partial charge in [-0.25, -0.2) is 0 Å². The molecule has 0 unspecified atom stereocenters. The summed E-state index contributed by atoms with van der Waals surface area (Å²) >= 11 is 0. The lowest BCUT2D eigenvalue weighted by atomic mass is 9.85. The molecular weight excluding hydrogens is 304 g/mol. The van der Waals surface area contributed by atoms with E-state index < -0.39 is 0 Å². The normalized spacial score (nSPS) is 23.7. The predicted molar refractivity (Wildman–Crippen MR) is 93.9 cm³/mol. The molecule has 0 saturated heterocycles. The predicted octanol–water partition coefficient (Wildman–Crippen LogP) is 2.05. The number of hydrazone groups is 1. The largest absolute Gasteiger partial charge is 0.369 e. The van der Waals surface area contributed by atoms with Gasteiger partial charge in [-0.05, 0) is 50.5 Å². The van der Waals surface area contributed by atoms with Crippen molar-refractivity contribution >= 4 is 23.2 Å². The monoisotopic (exact) mass is 328 g/mol. The lowest BCUT2D eigenvalue weighted by molar-refractivity contribution is -0.122. The van der Waals surface area contributed by atoms with E-state index >= 15 is 0 Å². The molecule has 1 aliphatic heterocycles. The first-order valence-electron chi connectivity index (χ1n) is 8.55. The number of nitrogens with one attached hydrogen (secondary N) is 1. The highest BCUT2D eigenvalue weighted by Gasteiger charge is 2.26. The van der Waals surface area contributed by atoms with Crippen molar-refractivity contribution in [3.05, 3.63) is 29.8 Å². The number of benzene rings is 1. The number of nitrogens with zero attached hydrogens (tertiary/aromatic N) is 2. The molecule has 0 aromatic heterocycles.